The third-order valence-electron chi connectivity index (χ3n) is 3.47. The van der Waals surface area contributed by atoms with Crippen LogP contribution in [-0.2, 0) is 20.9 Å². The molecule has 0 saturated heterocycles. The van der Waals surface area contributed by atoms with Gasteiger partial charge >= 0.3 is 5.97 Å². The van der Waals surface area contributed by atoms with Crippen LogP contribution in [0.4, 0.5) is 0 Å². The molecule has 3 N–H and O–H groups in total. The molecule has 0 bridgehead atoms. The van der Waals surface area contributed by atoms with Crippen molar-refractivity contribution < 1.29 is 19.4 Å². The van der Waals surface area contributed by atoms with E-state index in [9.17, 15) is 14.9 Å². The Morgan fingerprint density at radius 3 is 2.64 bits per heavy atom. The number of esters is 1. The van der Waals surface area contributed by atoms with Crippen LogP contribution in [0.25, 0.3) is 0 Å². The number of benzene rings is 1. The lowest BCUT2D eigenvalue weighted by Gasteiger charge is -2.11. The monoisotopic (exact) mass is 392 g/mol. The minimum Gasteiger partial charge on any atom is -0.464 e. The SMILES string of the molecule is CCCC(CC(N)=N[N+](=O)[O-])=NNCc1ccccc1/C(=N\OC)C(=O)OC. The Morgan fingerprint density at radius 2 is 2.04 bits per heavy atom. The Hall–Kier alpha value is -3.50. The third-order valence-corrected chi connectivity index (χ3v) is 3.47. The number of nitrogens with zero attached hydrogens (tertiary/aromatic N) is 4. The summed E-state index contributed by atoms with van der Waals surface area (Å²) in [7, 11) is 2.59. The molecule has 0 fully saturated rings. The smallest absolute Gasteiger partial charge is 0.360 e. The van der Waals surface area contributed by atoms with Crippen molar-refractivity contribution in [2.24, 2.45) is 21.1 Å². The van der Waals surface area contributed by atoms with Gasteiger partial charge in [0.2, 0.25) is 0 Å². The standard InChI is InChI=1S/C17H24N6O5/c1-4-7-13(10-15(18)21-23(25)26)20-19-11-12-8-5-6-9-14(12)16(22-28-3)17(24)27-2/h5-6,8-9,19H,4,7,10-11H2,1-3H3,(H2,18,21)/b20-13?,22-16+. The second-order valence-corrected chi connectivity index (χ2v) is 5.54. The molecule has 152 valence electrons. The maximum absolute atomic E-state index is 12.0. The van der Waals surface area contributed by atoms with E-state index < -0.39 is 11.0 Å². The van der Waals surface area contributed by atoms with Gasteiger partial charge in [-0.2, -0.15) is 5.10 Å². The highest BCUT2D eigenvalue weighted by Crippen LogP contribution is 2.12. The predicted molar refractivity (Wildman–Crippen MR) is 104 cm³/mol. The van der Waals surface area contributed by atoms with E-state index in [4.69, 9.17) is 15.3 Å². The maximum Gasteiger partial charge on any atom is 0.360 e. The Labute approximate surface area is 162 Å². The van der Waals surface area contributed by atoms with Crippen molar-refractivity contribution >= 4 is 23.2 Å². The second-order valence-electron chi connectivity index (χ2n) is 5.54. The van der Waals surface area contributed by atoms with E-state index in [-0.39, 0.29) is 24.5 Å². The van der Waals surface area contributed by atoms with Gasteiger partial charge < -0.3 is 20.7 Å². The van der Waals surface area contributed by atoms with Gasteiger partial charge in [0.1, 0.15) is 7.11 Å². The number of hydrazone groups is 2. The second kappa shape index (κ2) is 12.0. The number of ether oxygens (including phenoxy) is 1. The Morgan fingerprint density at radius 1 is 1.32 bits per heavy atom. The van der Waals surface area contributed by atoms with Gasteiger partial charge in [0, 0.05) is 11.3 Å². The molecule has 1 rings (SSSR count). The first-order valence-electron chi connectivity index (χ1n) is 8.46. The minimum absolute atomic E-state index is 0.0301. The number of methoxy groups -OCH3 is 1. The first kappa shape index (κ1) is 22.5. The van der Waals surface area contributed by atoms with E-state index in [1.54, 1.807) is 24.3 Å². The van der Waals surface area contributed by atoms with Crippen LogP contribution in [0, 0.1) is 10.1 Å². The number of hydrogen-bond donors (Lipinski definition) is 2. The molecule has 0 aromatic heterocycles. The third kappa shape index (κ3) is 7.40. The van der Waals surface area contributed by atoms with Gasteiger partial charge in [-0.3, -0.25) is 0 Å². The zero-order valence-corrected chi connectivity index (χ0v) is 16.0. The minimum atomic E-state index is -0.841. The molecule has 0 saturated carbocycles. The molecule has 28 heavy (non-hydrogen) atoms. The van der Waals surface area contributed by atoms with Crippen LogP contribution in [0.2, 0.25) is 0 Å². The van der Waals surface area contributed by atoms with Crippen LogP contribution >= 0.6 is 0 Å². The molecular formula is C17H24N6O5. The summed E-state index contributed by atoms with van der Waals surface area (Å²) in [5.74, 6) is -0.757. The fourth-order valence-corrected chi connectivity index (χ4v) is 2.35. The van der Waals surface area contributed by atoms with Crippen LogP contribution in [0.1, 0.15) is 37.3 Å². The molecule has 0 amide bonds. The molecule has 0 spiro atoms. The van der Waals surface area contributed by atoms with Crippen LogP contribution in [0.15, 0.2) is 39.6 Å². The number of carbonyl (C=O) groups excluding carboxylic acids is 1. The molecule has 0 heterocycles. The van der Waals surface area contributed by atoms with Crippen LogP contribution in [-0.4, -0.2) is 42.5 Å². The van der Waals surface area contributed by atoms with Crippen molar-refractivity contribution in [3.05, 3.63) is 45.5 Å². The highest BCUT2D eigenvalue weighted by Gasteiger charge is 2.18. The lowest BCUT2D eigenvalue weighted by molar-refractivity contribution is -0.485. The fraction of sp³-hybridized carbons (Fsp3) is 0.412. The van der Waals surface area contributed by atoms with E-state index in [1.807, 2.05) is 6.92 Å². The zero-order valence-electron chi connectivity index (χ0n) is 16.0. The first-order chi connectivity index (χ1) is 13.4. The maximum atomic E-state index is 12.0. The van der Waals surface area contributed by atoms with Crippen molar-refractivity contribution in [3.8, 4) is 0 Å². The molecule has 11 nitrogen and oxygen atoms in total. The molecule has 0 radical (unpaired) electrons. The van der Waals surface area contributed by atoms with Crippen molar-refractivity contribution in [1.29, 1.82) is 0 Å². The summed E-state index contributed by atoms with van der Waals surface area (Å²) in [6, 6.07) is 7.08. The summed E-state index contributed by atoms with van der Waals surface area (Å²) in [4.78, 5) is 27.1. The number of rotatable bonds is 11. The molecule has 0 aliphatic rings. The molecule has 0 aliphatic heterocycles. The topological polar surface area (TPSA) is 154 Å². The largest absolute Gasteiger partial charge is 0.464 e. The number of amidine groups is 1. The Kier molecular flexibility index (Phi) is 9.65. The summed E-state index contributed by atoms with van der Waals surface area (Å²) in [5.41, 5.74) is 10.4. The normalized spacial score (nSPS) is 12.5. The highest BCUT2D eigenvalue weighted by molar-refractivity contribution is 6.43. The molecule has 0 atom stereocenters. The Balaban J connectivity index is 2.99. The van der Waals surface area contributed by atoms with E-state index in [0.717, 1.165) is 12.0 Å². The molecule has 0 aliphatic carbocycles. The fourth-order valence-electron chi connectivity index (χ4n) is 2.35. The molecule has 0 unspecified atom stereocenters. The van der Waals surface area contributed by atoms with Crippen LogP contribution in [0.5, 0.6) is 0 Å². The average molecular weight is 392 g/mol. The summed E-state index contributed by atoms with van der Waals surface area (Å²) >= 11 is 0. The quantitative estimate of drug-likeness (QED) is 0.190. The number of hydrogen-bond acceptors (Lipinski definition) is 8. The summed E-state index contributed by atoms with van der Waals surface area (Å²) in [5, 5.41) is 20.7. The van der Waals surface area contributed by atoms with E-state index in [2.05, 4.69) is 20.8 Å². The lowest BCUT2D eigenvalue weighted by atomic mass is 10.0. The Bertz CT molecular complexity index is 775. The number of carbonyl (C=O) groups is 1. The predicted octanol–water partition coefficient (Wildman–Crippen LogP) is 1.39. The summed E-state index contributed by atoms with van der Waals surface area (Å²) < 4.78 is 4.74. The van der Waals surface area contributed by atoms with Gasteiger partial charge in [-0.05, 0) is 12.0 Å². The molecule has 11 heteroatoms. The van der Waals surface area contributed by atoms with E-state index >= 15 is 0 Å². The van der Waals surface area contributed by atoms with Crippen molar-refractivity contribution in [3.63, 3.8) is 0 Å². The summed E-state index contributed by atoms with van der Waals surface area (Å²) in [6.45, 7) is 2.23. The zero-order chi connectivity index (χ0) is 20.9. The van der Waals surface area contributed by atoms with Gasteiger partial charge in [0.05, 0.1) is 25.2 Å². The van der Waals surface area contributed by atoms with E-state index in [1.165, 1.54) is 14.2 Å². The van der Waals surface area contributed by atoms with E-state index in [0.29, 0.717) is 17.7 Å². The van der Waals surface area contributed by atoms with Gasteiger partial charge in [0.15, 0.2) is 16.6 Å². The number of nitrogens with two attached hydrogens (primary N) is 1. The lowest BCUT2D eigenvalue weighted by Crippen LogP contribution is -2.22. The van der Waals surface area contributed by atoms with Crippen LogP contribution in [0.3, 0.4) is 0 Å². The summed E-state index contributed by atoms with van der Waals surface area (Å²) in [6.07, 6.45) is 1.47. The number of nitro groups is 1. The molecule has 1 aromatic carbocycles. The highest BCUT2D eigenvalue weighted by atomic mass is 16.7. The first-order valence-corrected chi connectivity index (χ1v) is 8.46. The van der Waals surface area contributed by atoms with Crippen molar-refractivity contribution in [2.75, 3.05) is 14.2 Å². The van der Waals surface area contributed by atoms with Gasteiger partial charge in [-0.1, -0.05) is 42.8 Å². The molecule has 1 aromatic rings. The van der Waals surface area contributed by atoms with Gasteiger partial charge in [-0.25, -0.2) is 14.9 Å². The average Bonchev–Trinajstić information content (AvgIpc) is 2.65. The number of oxime groups is 1. The van der Waals surface area contributed by atoms with Gasteiger partial charge in [-0.15, -0.1) is 0 Å². The van der Waals surface area contributed by atoms with Crippen LogP contribution < -0.4 is 11.2 Å². The van der Waals surface area contributed by atoms with Gasteiger partial charge in [0.25, 0.3) is 0 Å². The molecular weight excluding hydrogens is 368 g/mol. The van der Waals surface area contributed by atoms with Crippen molar-refractivity contribution in [1.82, 2.24) is 5.43 Å². The van der Waals surface area contributed by atoms with Crippen molar-refractivity contribution in [2.45, 2.75) is 32.7 Å². The number of nitrogens with one attached hydrogen (secondary N) is 1.